The van der Waals surface area contributed by atoms with E-state index >= 15 is 0 Å². The number of esters is 4. The summed E-state index contributed by atoms with van der Waals surface area (Å²) in [5.74, 6) is -1.30. The van der Waals surface area contributed by atoms with Crippen LogP contribution in [0.4, 0.5) is 0 Å². The molecule has 2 unspecified atom stereocenters. The van der Waals surface area contributed by atoms with Gasteiger partial charge < -0.3 is 33.8 Å². The number of carbonyl (C=O) groups excluding carboxylic acids is 4. The quantitative estimate of drug-likeness (QED) is 0.0222. The van der Waals surface area contributed by atoms with Crippen molar-refractivity contribution in [2.75, 3.05) is 39.6 Å². The van der Waals surface area contributed by atoms with Crippen LogP contribution in [0, 0.1) is 5.92 Å². The third-order valence-electron chi connectivity index (χ3n) is 22.0. The van der Waals surface area contributed by atoms with Crippen LogP contribution in [0.25, 0.3) is 0 Å². The minimum Gasteiger partial charge on any atom is -0.462 e. The van der Waals surface area contributed by atoms with E-state index in [4.69, 9.17) is 37.0 Å². The van der Waals surface area contributed by atoms with E-state index in [2.05, 4.69) is 34.6 Å². The molecule has 0 aliphatic rings. The number of rotatable bonds is 93. The Hall–Kier alpha value is -1.94. The second kappa shape index (κ2) is 85.5. The molecule has 0 rings (SSSR count). The van der Waals surface area contributed by atoms with Gasteiger partial charge in [-0.3, -0.25) is 37.3 Å². The first-order valence-corrected chi connectivity index (χ1v) is 51.1. The fourth-order valence-corrected chi connectivity index (χ4v) is 16.3. The Kier molecular flexibility index (Phi) is 84.0. The van der Waals surface area contributed by atoms with Gasteiger partial charge in [-0.05, 0) is 31.6 Å². The summed E-state index contributed by atoms with van der Waals surface area (Å²) in [7, 11) is -9.94. The highest BCUT2D eigenvalue weighted by atomic mass is 31.2. The molecule has 0 saturated heterocycles. The number of aliphatic hydroxyl groups is 1. The van der Waals surface area contributed by atoms with Gasteiger partial charge >= 0.3 is 39.5 Å². The second-order valence-electron chi connectivity index (χ2n) is 33.9. The Morgan fingerprint density at radius 1 is 0.241 bits per heavy atom. The fourth-order valence-electron chi connectivity index (χ4n) is 14.7. The van der Waals surface area contributed by atoms with Crippen LogP contribution >= 0.6 is 15.6 Å². The molecular formula is C93H182O17P2. The van der Waals surface area contributed by atoms with Crippen LogP contribution in [-0.2, 0) is 65.4 Å². The molecule has 0 aliphatic heterocycles. The molecule has 0 bridgehead atoms. The van der Waals surface area contributed by atoms with Crippen molar-refractivity contribution in [1.29, 1.82) is 0 Å². The van der Waals surface area contributed by atoms with Crippen molar-refractivity contribution in [1.82, 2.24) is 0 Å². The predicted octanol–water partition coefficient (Wildman–Crippen LogP) is 29.1. The van der Waals surface area contributed by atoms with Crippen LogP contribution in [0.5, 0.6) is 0 Å². The van der Waals surface area contributed by atoms with Gasteiger partial charge in [0.25, 0.3) is 0 Å². The van der Waals surface area contributed by atoms with Crippen molar-refractivity contribution in [3.05, 3.63) is 0 Å². The Morgan fingerprint density at radius 2 is 0.411 bits per heavy atom. The molecule has 0 amide bonds. The molecular weight excluding hydrogens is 1450 g/mol. The molecule has 0 heterocycles. The standard InChI is InChI=1S/C93H182O17P2/c1-6-9-12-15-18-21-24-27-29-31-33-35-37-39-41-43-48-53-58-63-68-73-78-92(97)109-89(83-104-91(96)77-72-67-62-57-52-47-42-40-38-36-34-32-30-28-25-22-19-16-13-10-7-2)85-108-112(101,102)106-81-87(94)80-105-111(99,100)107-84-88(82-103-90(95)76-71-66-61-56-51-45-26-23-20-17-14-11-8-3)110-93(98)79-74-69-64-59-54-49-44-46-50-55-60-65-70-75-86(4)5/h86-89,94H,6-85H2,1-5H3,(H,99,100)(H,101,102)/t87-,88+,89+/m0/s1. The maximum atomic E-state index is 13.2. The fraction of sp³-hybridized carbons (Fsp3) is 0.957. The van der Waals surface area contributed by atoms with Crippen LogP contribution in [0.2, 0.25) is 0 Å². The molecule has 5 atom stereocenters. The molecule has 112 heavy (non-hydrogen) atoms. The Balaban J connectivity index is 5.24. The summed E-state index contributed by atoms with van der Waals surface area (Å²) in [6.45, 7) is 7.42. The largest absolute Gasteiger partial charge is 0.472 e. The summed E-state index contributed by atoms with van der Waals surface area (Å²) < 4.78 is 69.1. The number of ether oxygens (including phenoxy) is 4. The van der Waals surface area contributed by atoms with Crippen LogP contribution in [0.3, 0.4) is 0 Å². The van der Waals surface area contributed by atoms with E-state index in [0.29, 0.717) is 25.7 Å². The minimum atomic E-state index is -4.97. The number of hydrogen-bond acceptors (Lipinski definition) is 15. The summed E-state index contributed by atoms with van der Waals surface area (Å²) in [6, 6.07) is 0. The smallest absolute Gasteiger partial charge is 0.462 e. The lowest BCUT2D eigenvalue weighted by molar-refractivity contribution is -0.161. The van der Waals surface area contributed by atoms with Gasteiger partial charge in [0.1, 0.15) is 19.3 Å². The van der Waals surface area contributed by atoms with Gasteiger partial charge in [-0.15, -0.1) is 0 Å². The number of unbranched alkanes of at least 4 members (excludes halogenated alkanes) is 65. The van der Waals surface area contributed by atoms with Crippen LogP contribution < -0.4 is 0 Å². The second-order valence-corrected chi connectivity index (χ2v) is 36.8. The van der Waals surface area contributed by atoms with E-state index < -0.39 is 97.5 Å². The lowest BCUT2D eigenvalue weighted by Crippen LogP contribution is -2.30. The SMILES string of the molecule is CCCCCCCCCCCCCCCCCCCCCCCCC(=O)O[C@H](COC(=O)CCCCCCCCCCCCCCCCCCCCCCC)COP(=O)(O)OC[C@@H](O)COP(=O)(O)OC[C@@H](COC(=O)CCCCCCCCCCCCCCC)OC(=O)CCCCCCCCCCCCCCCC(C)C. The normalized spacial score (nSPS) is 13.7. The summed E-state index contributed by atoms with van der Waals surface area (Å²) in [4.78, 5) is 73.5. The number of carbonyl (C=O) groups is 4. The predicted molar refractivity (Wildman–Crippen MR) is 465 cm³/mol. The first-order chi connectivity index (χ1) is 54.5. The van der Waals surface area contributed by atoms with Gasteiger partial charge in [0.15, 0.2) is 12.2 Å². The molecule has 17 nitrogen and oxygen atoms in total. The Labute approximate surface area is 689 Å². The first kappa shape index (κ1) is 110. The third kappa shape index (κ3) is 85.9. The zero-order valence-corrected chi connectivity index (χ0v) is 75.6. The van der Waals surface area contributed by atoms with E-state index in [1.807, 2.05) is 0 Å². The maximum Gasteiger partial charge on any atom is 0.472 e. The van der Waals surface area contributed by atoms with E-state index in [1.54, 1.807) is 0 Å². The molecule has 0 aromatic rings. The van der Waals surface area contributed by atoms with Crippen LogP contribution in [0.15, 0.2) is 0 Å². The van der Waals surface area contributed by atoms with Crippen molar-refractivity contribution in [2.24, 2.45) is 5.92 Å². The van der Waals surface area contributed by atoms with Gasteiger partial charge in [0.2, 0.25) is 0 Å². The highest BCUT2D eigenvalue weighted by Crippen LogP contribution is 2.45. The number of phosphoric acid groups is 2. The first-order valence-electron chi connectivity index (χ1n) is 48.1. The monoisotopic (exact) mass is 1630 g/mol. The molecule has 666 valence electrons. The van der Waals surface area contributed by atoms with Crippen molar-refractivity contribution in [3.8, 4) is 0 Å². The van der Waals surface area contributed by atoms with E-state index in [-0.39, 0.29) is 25.7 Å². The average molecular weight is 1630 g/mol. The molecule has 0 fully saturated rings. The summed E-state index contributed by atoms with van der Waals surface area (Å²) in [5, 5.41) is 10.7. The van der Waals surface area contributed by atoms with Gasteiger partial charge in [-0.1, -0.05) is 458 Å². The molecule has 0 saturated carbocycles. The van der Waals surface area contributed by atoms with Crippen molar-refractivity contribution < 1.29 is 80.2 Å². The number of hydrogen-bond donors (Lipinski definition) is 3. The molecule has 0 aliphatic carbocycles. The van der Waals surface area contributed by atoms with Crippen molar-refractivity contribution in [2.45, 2.75) is 528 Å². The summed E-state index contributed by atoms with van der Waals surface area (Å²) in [6.07, 6.45) is 82.1. The van der Waals surface area contributed by atoms with E-state index in [9.17, 15) is 43.2 Å². The minimum absolute atomic E-state index is 0.108. The van der Waals surface area contributed by atoms with E-state index in [1.165, 1.54) is 334 Å². The molecule has 19 heteroatoms. The summed E-state index contributed by atoms with van der Waals surface area (Å²) >= 11 is 0. The lowest BCUT2D eigenvalue weighted by atomic mass is 10.0. The number of aliphatic hydroxyl groups excluding tert-OH is 1. The average Bonchev–Trinajstić information content (AvgIpc) is 0.895. The van der Waals surface area contributed by atoms with Crippen molar-refractivity contribution >= 4 is 39.5 Å². The molecule has 3 N–H and O–H groups in total. The zero-order valence-electron chi connectivity index (χ0n) is 73.8. The van der Waals surface area contributed by atoms with E-state index in [0.717, 1.165) is 95.8 Å². The molecule has 0 radical (unpaired) electrons. The van der Waals surface area contributed by atoms with Crippen LogP contribution in [-0.4, -0.2) is 96.7 Å². The highest BCUT2D eigenvalue weighted by Gasteiger charge is 2.31. The van der Waals surface area contributed by atoms with Crippen molar-refractivity contribution in [3.63, 3.8) is 0 Å². The van der Waals surface area contributed by atoms with Gasteiger partial charge in [-0.2, -0.15) is 0 Å². The molecule has 0 aromatic heterocycles. The highest BCUT2D eigenvalue weighted by molar-refractivity contribution is 7.47. The Bertz CT molecular complexity index is 2120. The van der Waals surface area contributed by atoms with Gasteiger partial charge in [0.05, 0.1) is 26.4 Å². The molecule has 0 aromatic carbocycles. The summed E-state index contributed by atoms with van der Waals surface area (Å²) in [5.41, 5.74) is 0. The lowest BCUT2D eigenvalue weighted by Gasteiger charge is -2.21. The van der Waals surface area contributed by atoms with Crippen LogP contribution in [0.1, 0.15) is 510 Å². The third-order valence-corrected chi connectivity index (χ3v) is 23.9. The van der Waals surface area contributed by atoms with Gasteiger partial charge in [0, 0.05) is 25.7 Å². The maximum absolute atomic E-state index is 13.2. The topological polar surface area (TPSA) is 237 Å². The Morgan fingerprint density at radius 3 is 0.607 bits per heavy atom. The number of phosphoric ester groups is 2. The van der Waals surface area contributed by atoms with Gasteiger partial charge in [-0.25, -0.2) is 9.13 Å². The zero-order chi connectivity index (χ0) is 81.8. The molecule has 0 spiro atoms.